The molecule has 0 fully saturated rings. The molecule has 4 nitrogen and oxygen atoms in total. The lowest BCUT2D eigenvalue weighted by molar-refractivity contribution is 0.112. The zero-order chi connectivity index (χ0) is 13.8. The molecule has 0 aliphatic rings. The number of hydrogen-bond acceptors (Lipinski definition) is 3. The van der Waals surface area contributed by atoms with Crippen molar-refractivity contribution in [2.24, 2.45) is 16.5 Å². The van der Waals surface area contributed by atoms with Crippen LogP contribution in [0.25, 0.3) is 0 Å². The minimum atomic E-state index is -0.0381. The zero-order valence-electron chi connectivity index (χ0n) is 10.5. The van der Waals surface area contributed by atoms with Gasteiger partial charge in [0.2, 0.25) is 0 Å². The lowest BCUT2D eigenvalue weighted by Gasteiger charge is -2.08. The summed E-state index contributed by atoms with van der Waals surface area (Å²) in [6.45, 7) is 2.09. The highest BCUT2D eigenvalue weighted by Crippen LogP contribution is 2.36. The first-order valence-corrected chi connectivity index (χ1v) is 6.67. The lowest BCUT2D eigenvalue weighted by atomic mass is 9.99. The largest absolute Gasteiger partial charge is 0.370 e. The average Bonchev–Trinajstić information content (AvgIpc) is 2.81. The van der Waals surface area contributed by atoms with E-state index in [0.717, 1.165) is 11.2 Å². The SMILES string of the molecule is CC(c1ccccc1)c1cc(C=O)c(N=C(N)N)s1. The average molecular weight is 273 g/mol. The molecule has 5 heteroatoms. The van der Waals surface area contributed by atoms with Crippen molar-refractivity contribution < 1.29 is 4.79 Å². The van der Waals surface area contributed by atoms with Crippen molar-refractivity contribution >= 4 is 28.6 Å². The standard InChI is InChI=1S/C14H15N3OS/c1-9(10-5-3-2-4-6-10)12-7-11(8-18)13(19-12)17-14(15)16/h2-9H,1H3,(H4,15,16,17). The van der Waals surface area contributed by atoms with E-state index in [-0.39, 0.29) is 11.9 Å². The van der Waals surface area contributed by atoms with Crippen LogP contribution in [0.1, 0.15) is 33.6 Å². The molecular formula is C14H15N3OS. The number of rotatable bonds is 4. The number of nitrogens with two attached hydrogens (primary N) is 2. The van der Waals surface area contributed by atoms with Gasteiger partial charge in [-0.25, -0.2) is 4.99 Å². The molecule has 0 radical (unpaired) electrons. The van der Waals surface area contributed by atoms with Crippen LogP contribution >= 0.6 is 11.3 Å². The molecule has 0 spiro atoms. The fourth-order valence-corrected chi connectivity index (χ4v) is 2.92. The number of aliphatic imine (C=N–C) groups is 1. The predicted octanol–water partition coefficient (Wildman–Crippen LogP) is 2.62. The van der Waals surface area contributed by atoms with Crippen LogP contribution in [0.4, 0.5) is 5.00 Å². The molecule has 98 valence electrons. The van der Waals surface area contributed by atoms with Gasteiger partial charge in [0.1, 0.15) is 5.00 Å². The minimum Gasteiger partial charge on any atom is -0.370 e. The summed E-state index contributed by atoms with van der Waals surface area (Å²) in [6, 6.07) is 11.9. The van der Waals surface area contributed by atoms with E-state index in [1.165, 1.54) is 16.9 Å². The third-order valence-corrected chi connectivity index (χ3v) is 4.07. The Kier molecular flexibility index (Phi) is 3.97. The Balaban J connectivity index is 2.39. The van der Waals surface area contributed by atoms with Gasteiger partial charge in [0, 0.05) is 10.8 Å². The van der Waals surface area contributed by atoms with E-state index in [2.05, 4.69) is 24.0 Å². The number of carbonyl (C=O) groups excluding carboxylic acids is 1. The third kappa shape index (κ3) is 3.00. The molecule has 0 aliphatic carbocycles. The molecule has 1 heterocycles. The summed E-state index contributed by atoms with van der Waals surface area (Å²) >= 11 is 1.44. The second-order valence-corrected chi connectivity index (χ2v) is 5.26. The number of thiophene rings is 1. The molecule has 0 amide bonds. The second kappa shape index (κ2) is 5.67. The van der Waals surface area contributed by atoms with E-state index in [9.17, 15) is 4.79 Å². The Morgan fingerprint density at radius 1 is 1.32 bits per heavy atom. The highest BCUT2D eigenvalue weighted by molar-refractivity contribution is 7.16. The topological polar surface area (TPSA) is 81.5 Å². The monoisotopic (exact) mass is 273 g/mol. The number of nitrogens with zero attached hydrogens (tertiary/aromatic N) is 1. The number of benzene rings is 1. The molecule has 2 rings (SSSR count). The van der Waals surface area contributed by atoms with Gasteiger partial charge in [0.05, 0.1) is 5.56 Å². The van der Waals surface area contributed by atoms with Gasteiger partial charge in [-0.2, -0.15) is 0 Å². The first-order valence-electron chi connectivity index (χ1n) is 5.85. The van der Waals surface area contributed by atoms with Crippen LogP contribution in [0.3, 0.4) is 0 Å². The van der Waals surface area contributed by atoms with E-state index < -0.39 is 0 Å². The molecule has 1 unspecified atom stereocenters. The Morgan fingerprint density at radius 3 is 2.58 bits per heavy atom. The van der Waals surface area contributed by atoms with Crippen LogP contribution in [-0.2, 0) is 0 Å². The lowest BCUT2D eigenvalue weighted by Crippen LogP contribution is -2.21. The minimum absolute atomic E-state index is 0.0381. The summed E-state index contributed by atoms with van der Waals surface area (Å²) < 4.78 is 0. The summed E-state index contributed by atoms with van der Waals surface area (Å²) in [5, 5.41) is 0.563. The maximum Gasteiger partial charge on any atom is 0.191 e. The fraction of sp³-hybridized carbons (Fsp3) is 0.143. The van der Waals surface area contributed by atoms with Gasteiger partial charge in [0.15, 0.2) is 12.2 Å². The van der Waals surface area contributed by atoms with Gasteiger partial charge in [-0.15, -0.1) is 11.3 Å². The van der Waals surface area contributed by atoms with Crippen molar-refractivity contribution in [2.45, 2.75) is 12.8 Å². The predicted molar refractivity (Wildman–Crippen MR) is 79.1 cm³/mol. The Bertz CT molecular complexity index is 600. The number of carbonyl (C=O) groups is 1. The van der Waals surface area contributed by atoms with Crippen LogP contribution in [0.5, 0.6) is 0 Å². The molecule has 0 saturated carbocycles. The number of guanidine groups is 1. The van der Waals surface area contributed by atoms with Crippen molar-refractivity contribution in [3.63, 3.8) is 0 Å². The highest BCUT2D eigenvalue weighted by Gasteiger charge is 2.15. The van der Waals surface area contributed by atoms with Crippen LogP contribution < -0.4 is 11.5 Å². The molecule has 1 atom stereocenters. The maximum absolute atomic E-state index is 11.0. The van der Waals surface area contributed by atoms with Gasteiger partial charge in [0.25, 0.3) is 0 Å². The summed E-state index contributed by atoms with van der Waals surface area (Å²) in [6.07, 6.45) is 0.777. The van der Waals surface area contributed by atoms with Gasteiger partial charge in [-0.1, -0.05) is 37.3 Å². The Labute approximate surface area is 115 Å². The molecule has 2 aromatic rings. The molecule has 0 saturated heterocycles. The molecule has 1 aromatic heterocycles. The molecule has 4 N–H and O–H groups in total. The molecule has 19 heavy (non-hydrogen) atoms. The number of aldehydes is 1. The smallest absolute Gasteiger partial charge is 0.191 e. The van der Waals surface area contributed by atoms with Crippen LogP contribution in [-0.4, -0.2) is 12.2 Å². The van der Waals surface area contributed by atoms with Gasteiger partial charge in [-0.3, -0.25) is 4.79 Å². The van der Waals surface area contributed by atoms with Crippen LogP contribution in [0, 0.1) is 0 Å². The normalized spacial score (nSPS) is 11.8. The molecule has 1 aromatic carbocycles. The van der Waals surface area contributed by atoms with E-state index in [1.807, 2.05) is 24.3 Å². The summed E-state index contributed by atoms with van der Waals surface area (Å²) in [4.78, 5) is 16.1. The Morgan fingerprint density at radius 2 is 2.00 bits per heavy atom. The van der Waals surface area contributed by atoms with E-state index >= 15 is 0 Å². The first-order chi connectivity index (χ1) is 9.11. The molecule has 0 aliphatic heterocycles. The van der Waals surface area contributed by atoms with Crippen LogP contribution in [0.15, 0.2) is 41.4 Å². The fourth-order valence-electron chi connectivity index (χ4n) is 1.82. The van der Waals surface area contributed by atoms with E-state index in [0.29, 0.717) is 10.6 Å². The zero-order valence-corrected chi connectivity index (χ0v) is 11.4. The second-order valence-electron chi connectivity index (χ2n) is 4.20. The van der Waals surface area contributed by atoms with E-state index in [4.69, 9.17) is 11.5 Å². The van der Waals surface area contributed by atoms with Gasteiger partial charge >= 0.3 is 0 Å². The quantitative estimate of drug-likeness (QED) is 0.510. The maximum atomic E-state index is 11.0. The highest BCUT2D eigenvalue weighted by atomic mass is 32.1. The van der Waals surface area contributed by atoms with Crippen molar-refractivity contribution in [2.75, 3.05) is 0 Å². The first kappa shape index (κ1) is 13.3. The molecule has 0 bridgehead atoms. The van der Waals surface area contributed by atoms with E-state index in [1.54, 1.807) is 0 Å². The molecular weight excluding hydrogens is 258 g/mol. The summed E-state index contributed by atoms with van der Waals surface area (Å²) in [5.74, 6) is 0.164. The summed E-state index contributed by atoms with van der Waals surface area (Å²) in [5.41, 5.74) is 12.4. The third-order valence-electron chi connectivity index (χ3n) is 2.84. The van der Waals surface area contributed by atoms with Crippen molar-refractivity contribution in [1.29, 1.82) is 0 Å². The van der Waals surface area contributed by atoms with Crippen molar-refractivity contribution in [3.05, 3.63) is 52.4 Å². The van der Waals surface area contributed by atoms with Crippen molar-refractivity contribution in [3.8, 4) is 0 Å². The van der Waals surface area contributed by atoms with Gasteiger partial charge < -0.3 is 11.5 Å². The van der Waals surface area contributed by atoms with Crippen LogP contribution in [0.2, 0.25) is 0 Å². The Hall–Kier alpha value is -2.14. The summed E-state index contributed by atoms with van der Waals surface area (Å²) in [7, 11) is 0. The number of hydrogen-bond donors (Lipinski definition) is 2. The van der Waals surface area contributed by atoms with Gasteiger partial charge in [-0.05, 0) is 11.6 Å². The van der Waals surface area contributed by atoms with Crippen molar-refractivity contribution in [1.82, 2.24) is 0 Å².